The van der Waals surface area contributed by atoms with E-state index in [0.29, 0.717) is 13.1 Å². The number of ether oxygens (including phenoxy) is 1. The molecule has 0 heterocycles. The van der Waals surface area contributed by atoms with Crippen LogP contribution in [-0.4, -0.2) is 28.8 Å². The van der Waals surface area contributed by atoms with Crippen LogP contribution in [-0.2, 0) is 22.6 Å². The zero-order valence-corrected chi connectivity index (χ0v) is 13.5. The van der Waals surface area contributed by atoms with Crippen LogP contribution in [0.1, 0.15) is 38.8 Å². The highest BCUT2D eigenvalue weighted by atomic mass is 16.6. The molecule has 22 heavy (non-hydrogen) atoms. The number of amides is 1. The van der Waals surface area contributed by atoms with Gasteiger partial charge in [-0.1, -0.05) is 24.3 Å². The quantitative estimate of drug-likeness (QED) is 0.750. The second-order valence-electron chi connectivity index (χ2n) is 6.11. The van der Waals surface area contributed by atoms with Crippen molar-refractivity contribution < 1.29 is 19.4 Å². The van der Waals surface area contributed by atoms with Crippen molar-refractivity contribution in [3.05, 3.63) is 35.4 Å². The third-order valence-electron chi connectivity index (χ3n) is 2.84. The van der Waals surface area contributed by atoms with E-state index in [2.05, 4.69) is 10.6 Å². The van der Waals surface area contributed by atoms with Crippen LogP contribution in [0, 0.1) is 0 Å². The summed E-state index contributed by atoms with van der Waals surface area (Å²) in [7, 11) is 0. The third kappa shape index (κ3) is 7.08. The molecule has 0 aliphatic heterocycles. The van der Waals surface area contributed by atoms with Crippen molar-refractivity contribution in [2.75, 3.05) is 0 Å². The van der Waals surface area contributed by atoms with Gasteiger partial charge in [-0.3, -0.25) is 4.79 Å². The number of rotatable bonds is 6. The Hall–Kier alpha value is -2.08. The average Bonchev–Trinajstić information content (AvgIpc) is 2.41. The monoisotopic (exact) mass is 308 g/mol. The molecule has 1 amide bonds. The molecule has 0 bridgehead atoms. The van der Waals surface area contributed by atoms with Gasteiger partial charge >= 0.3 is 12.1 Å². The number of carboxylic acids is 1. The molecule has 122 valence electrons. The Kier molecular flexibility index (Phi) is 6.37. The van der Waals surface area contributed by atoms with Crippen LogP contribution >= 0.6 is 0 Å². The summed E-state index contributed by atoms with van der Waals surface area (Å²) >= 11 is 0. The number of nitrogens with one attached hydrogen (secondary N) is 2. The van der Waals surface area contributed by atoms with Gasteiger partial charge in [0.2, 0.25) is 0 Å². The van der Waals surface area contributed by atoms with E-state index < -0.39 is 23.7 Å². The highest BCUT2D eigenvalue weighted by molar-refractivity contribution is 5.72. The number of hydrogen-bond donors (Lipinski definition) is 3. The van der Waals surface area contributed by atoms with Crippen LogP contribution in [0.5, 0.6) is 0 Å². The molecular formula is C16H24N2O4. The molecule has 3 N–H and O–H groups in total. The highest BCUT2D eigenvalue weighted by Gasteiger charge is 2.15. The molecule has 1 rings (SSSR count). The standard InChI is InChI=1S/C16H24N2O4/c1-11(14(19)20)17-9-12-5-7-13(8-6-12)10-18-15(21)22-16(2,3)4/h5-8,11,17H,9-10H2,1-4H3,(H,18,21)(H,19,20). The normalized spacial score (nSPS) is 12.5. The molecule has 1 aromatic rings. The van der Waals surface area contributed by atoms with E-state index in [0.717, 1.165) is 11.1 Å². The summed E-state index contributed by atoms with van der Waals surface area (Å²) in [5, 5.41) is 14.4. The van der Waals surface area contributed by atoms with Gasteiger partial charge in [-0.25, -0.2) is 4.79 Å². The topological polar surface area (TPSA) is 87.7 Å². The number of benzene rings is 1. The lowest BCUT2D eigenvalue weighted by atomic mass is 10.1. The van der Waals surface area contributed by atoms with Gasteiger partial charge in [0.05, 0.1) is 0 Å². The van der Waals surface area contributed by atoms with Crippen LogP contribution in [0.4, 0.5) is 4.79 Å². The van der Waals surface area contributed by atoms with Gasteiger partial charge in [-0.2, -0.15) is 0 Å². The summed E-state index contributed by atoms with van der Waals surface area (Å²) in [6, 6.07) is 6.98. The van der Waals surface area contributed by atoms with E-state index in [1.807, 2.05) is 45.0 Å². The molecule has 1 aromatic carbocycles. The molecule has 0 saturated carbocycles. The SMILES string of the molecule is CC(NCc1ccc(CNC(=O)OC(C)(C)C)cc1)C(=O)O. The van der Waals surface area contributed by atoms with Gasteiger partial charge in [0.25, 0.3) is 0 Å². The fourth-order valence-corrected chi connectivity index (χ4v) is 1.62. The Morgan fingerprint density at radius 3 is 2.09 bits per heavy atom. The van der Waals surface area contributed by atoms with Gasteiger partial charge in [0.1, 0.15) is 11.6 Å². The smallest absolute Gasteiger partial charge is 0.407 e. The molecule has 0 aliphatic carbocycles. The first-order valence-electron chi connectivity index (χ1n) is 7.18. The van der Waals surface area contributed by atoms with Gasteiger partial charge in [0, 0.05) is 13.1 Å². The maximum atomic E-state index is 11.5. The van der Waals surface area contributed by atoms with Crippen molar-refractivity contribution in [2.24, 2.45) is 0 Å². The van der Waals surface area contributed by atoms with E-state index in [4.69, 9.17) is 9.84 Å². The molecule has 0 aliphatic rings. The summed E-state index contributed by atoms with van der Waals surface area (Å²) in [5.74, 6) is -0.877. The van der Waals surface area contributed by atoms with Crippen LogP contribution in [0.15, 0.2) is 24.3 Å². The zero-order chi connectivity index (χ0) is 16.8. The second-order valence-corrected chi connectivity index (χ2v) is 6.11. The number of carbonyl (C=O) groups is 2. The fraction of sp³-hybridized carbons (Fsp3) is 0.500. The summed E-state index contributed by atoms with van der Waals surface area (Å²) < 4.78 is 5.15. The number of alkyl carbamates (subject to hydrolysis) is 1. The van der Waals surface area contributed by atoms with Crippen molar-refractivity contribution in [2.45, 2.75) is 52.4 Å². The molecule has 0 radical (unpaired) electrons. The lowest BCUT2D eigenvalue weighted by molar-refractivity contribution is -0.139. The van der Waals surface area contributed by atoms with Crippen molar-refractivity contribution in [1.82, 2.24) is 10.6 Å². The number of carbonyl (C=O) groups excluding carboxylic acids is 1. The van der Waals surface area contributed by atoms with Crippen molar-refractivity contribution >= 4 is 12.1 Å². The first-order valence-corrected chi connectivity index (χ1v) is 7.18. The van der Waals surface area contributed by atoms with Crippen LogP contribution in [0.25, 0.3) is 0 Å². The largest absolute Gasteiger partial charge is 0.480 e. The minimum absolute atomic E-state index is 0.383. The van der Waals surface area contributed by atoms with Crippen molar-refractivity contribution in [1.29, 1.82) is 0 Å². The summed E-state index contributed by atoms with van der Waals surface area (Å²) in [6.45, 7) is 7.90. The lowest BCUT2D eigenvalue weighted by Gasteiger charge is -2.19. The minimum Gasteiger partial charge on any atom is -0.480 e. The van der Waals surface area contributed by atoms with E-state index in [-0.39, 0.29) is 0 Å². The Morgan fingerprint density at radius 2 is 1.64 bits per heavy atom. The molecule has 0 spiro atoms. The van der Waals surface area contributed by atoms with Crippen molar-refractivity contribution in [3.63, 3.8) is 0 Å². The number of aliphatic carboxylic acids is 1. The second kappa shape index (κ2) is 7.79. The summed E-state index contributed by atoms with van der Waals surface area (Å²) in [5.41, 5.74) is 1.41. The summed E-state index contributed by atoms with van der Waals surface area (Å²) in [6.07, 6.45) is -0.450. The van der Waals surface area contributed by atoms with Crippen molar-refractivity contribution in [3.8, 4) is 0 Å². The molecule has 6 heteroatoms. The Morgan fingerprint density at radius 1 is 1.14 bits per heavy atom. The average molecular weight is 308 g/mol. The first-order chi connectivity index (χ1) is 10.2. The fourth-order valence-electron chi connectivity index (χ4n) is 1.62. The lowest BCUT2D eigenvalue weighted by Crippen LogP contribution is -2.33. The molecule has 6 nitrogen and oxygen atoms in total. The van der Waals surface area contributed by atoms with Crippen LogP contribution < -0.4 is 10.6 Å². The summed E-state index contributed by atoms with van der Waals surface area (Å²) in [4.78, 5) is 22.2. The highest BCUT2D eigenvalue weighted by Crippen LogP contribution is 2.08. The van der Waals surface area contributed by atoms with Gasteiger partial charge in [-0.05, 0) is 38.8 Å². The maximum Gasteiger partial charge on any atom is 0.407 e. The van der Waals surface area contributed by atoms with Gasteiger partial charge < -0.3 is 20.5 Å². The van der Waals surface area contributed by atoms with E-state index in [9.17, 15) is 9.59 Å². The Bertz CT molecular complexity index is 506. The molecular weight excluding hydrogens is 284 g/mol. The molecule has 0 fully saturated rings. The molecule has 1 unspecified atom stereocenters. The number of carboxylic acid groups (broad SMARTS) is 1. The third-order valence-corrected chi connectivity index (χ3v) is 2.84. The predicted octanol–water partition coefficient (Wildman–Crippen LogP) is 2.27. The molecule has 0 aromatic heterocycles. The molecule has 0 saturated heterocycles. The zero-order valence-electron chi connectivity index (χ0n) is 13.5. The van der Waals surface area contributed by atoms with Crippen LogP contribution in [0.3, 0.4) is 0 Å². The maximum absolute atomic E-state index is 11.5. The van der Waals surface area contributed by atoms with Gasteiger partial charge in [-0.15, -0.1) is 0 Å². The number of hydrogen-bond acceptors (Lipinski definition) is 4. The predicted molar refractivity (Wildman–Crippen MR) is 83.5 cm³/mol. The first kappa shape index (κ1) is 18.0. The van der Waals surface area contributed by atoms with Gasteiger partial charge in [0.15, 0.2) is 0 Å². The van der Waals surface area contributed by atoms with E-state index >= 15 is 0 Å². The van der Waals surface area contributed by atoms with E-state index in [1.165, 1.54) is 0 Å². The molecule has 1 atom stereocenters. The minimum atomic E-state index is -0.877. The Balaban J connectivity index is 2.42. The van der Waals surface area contributed by atoms with Crippen LogP contribution in [0.2, 0.25) is 0 Å². The van der Waals surface area contributed by atoms with E-state index in [1.54, 1.807) is 6.92 Å². The Labute approximate surface area is 130 Å².